The van der Waals surface area contributed by atoms with Gasteiger partial charge in [-0.15, -0.1) is 0 Å². The SMILES string of the molecule is C=Cc1cc(O)c2c(O)c1-c1ccccc1COCc1ccccc1-2. The lowest BCUT2D eigenvalue weighted by atomic mass is 9.88. The van der Waals surface area contributed by atoms with E-state index >= 15 is 0 Å². The Labute approximate surface area is 146 Å². The van der Waals surface area contributed by atoms with Gasteiger partial charge in [-0.1, -0.05) is 61.2 Å². The Hall–Kier alpha value is -3.04. The smallest absolute Gasteiger partial charge is 0.135 e. The van der Waals surface area contributed by atoms with Crippen molar-refractivity contribution < 1.29 is 14.9 Å². The number of rotatable bonds is 1. The molecule has 1 heterocycles. The van der Waals surface area contributed by atoms with Gasteiger partial charge in [0.2, 0.25) is 0 Å². The summed E-state index contributed by atoms with van der Waals surface area (Å²) in [4.78, 5) is 0. The molecular weight excluding hydrogens is 312 g/mol. The minimum Gasteiger partial charge on any atom is -0.507 e. The average molecular weight is 330 g/mol. The van der Waals surface area contributed by atoms with Crippen molar-refractivity contribution >= 4 is 6.08 Å². The maximum absolute atomic E-state index is 11.1. The first-order valence-corrected chi connectivity index (χ1v) is 8.16. The van der Waals surface area contributed by atoms with Crippen LogP contribution in [0.5, 0.6) is 11.5 Å². The molecule has 0 radical (unpaired) electrons. The van der Waals surface area contributed by atoms with E-state index in [0.29, 0.717) is 29.9 Å². The van der Waals surface area contributed by atoms with Crippen LogP contribution in [-0.4, -0.2) is 10.2 Å². The number of phenols is 2. The van der Waals surface area contributed by atoms with Crippen LogP contribution in [0.25, 0.3) is 28.3 Å². The Morgan fingerprint density at radius 1 is 0.840 bits per heavy atom. The van der Waals surface area contributed by atoms with Gasteiger partial charge in [-0.25, -0.2) is 0 Å². The van der Waals surface area contributed by atoms with Crippen LogP contribution >= 0.6 is 0 Å². The van der Waals surface area contributed by atoms with Gasteiger partial charge in [0, 0.05) is 5.56 Å². The predicted molar refractivity (Wildman–Crippen MR) is 99.2 cm³/mol. The average Bonchev–Trinajstić information content (AvgIpc) is 2.62. The molecule has 3 heteroatoms. The molecule has 4 rings (SSSR count). The summed E-state index contributed by atoms with van der Waals surface area (Å²) in [6, 6.07) is 17.1. The van der Waals surface area contributed by atoms with Crippen LogP contribution in [0.2, 0.25) is 0 Å². The molecule has 2 bridgehead atoms. The zero-order valence-corrected chi connectivity index (χ0v) is 13.7. The molecule has 3 nitrogen and oxygen atoms in total. The van der Waals surface area contributed by atoms with E-state index in [9.17, 15) is 10.2 Å². The summed E-state index contributed by atoms with van der Waals surface area (Å²) in [6.45, 7) is 4.68. The van der Waals surface area contributed by atoms with Crippen molar-refractivity contribution in [3.63, 3.8) is 0 Å². The topological polar surface area (TPSA) is 49.7 Å². The molecule has 3 aromatic carbocycles. The molecule has 25 heavy (non-hydrogen) atoms. The summed E-state index contributed by atoms with van der Waals surface area (Å²) in [5.74, 6) is 0.0957. The van der Waals surface area contributed by atoms with E-state index in [1.807, 2.05) is 48.5 Å². The lowest BCUT2D eigenvalue weighted by Crippen LogP contribution is -2.02. The summed E-state index contributed by atoms with van der Waals surface area (Å²) in [5.41, 5.74) is 5.34. The van der Waals surface area contributed by atoms with E-state index < -0.39 is 0 Å². The third kappa shape index (κ3) is 2.49. The van der Waals surface area contributed by atoms with Gasteiger partial charge in [-0.05, 0) is 33.9 Å². The van der Waals surface area contributed by atoms with Crippen LogP contribution in [0.3, 0.4) is 0 Å². The molecule has 0 aromatic heterocycles. The van der Waals surface area contributed by atoms with Crippen molar-refractivity contribution in [3.05, 3.63) is 77.9 Å². The molecular formula is C22H18O3. The van der Waals surface area contributed by atoms with Crippen molar-refractivity contribution in [1.29, 1.82) is 0 Å². The first-order valence-electron chi connectivity index (χ1n) is 8.16. The predicted octanol–water partition coefficient (Wildman–Crippen LogP) is 5.11. The molecule has 0 atom stereocenters. The summed E-state index contributed by atoms with van der Waals surface area (Å²) in [5, 5.41) is 21.7. The van der Waals surface area contributed by atoms with E-state index in [-0.39, 0.29) is 11.5 Å². The fourth-order valence-corrected chi connectivity index (χ4v) is 3.44. The minimum absolute atomic E-state index is 0.0293. The molecule has 0 spiro atoms. The molecule has 0 aliphatic carbocycles. The second kappa shape index (κ2) is 6.11. The fourth-order valence-electron chi connectivity index (χ4n) is 3.44. The van der Waals surface area contributed by atoms with E-state index in [1.54, 1.807) is 12.1 Å². The highest BCUT2D eigenvalue weighted by atomic mass is 16.5. The highest BCUT2D eigenvalue weighted by Crippen LogP contribution is 2.48. The highest BCUT2D eigenvalue weighted by molar-refractivity contribution is 5.92. The van der Waals surface area contributed by atoms with Crippen LogP contribution < -0.4 is 0 Å². The summed E-state index contributed by atoms with van der Waals surface area (Å²) in [6.07, 6.45) is 1.65. The molecule has 0 saturated carbocycles. The second-order valence-electron chi connectivity index (χ2n) is 6.09. The first-order chi connectivity index (χ1) is 12.2. The summed E-state index contributed by atoms with van der Waals surface area (Å²) in [7, 11) is 0. The van der Waals surface area contributed by atoms with Gasteiger partial charge in [0.15, 0.2) is 0 Å². The standard InChI is InChI=1S/C22H18O3/c1-2-14-11-19(23)21-18-10-6-4-8-16(18)13-25-12-15-7-3-5-9-17(15)20(14)22(21)24/h2-11,23-24H,1,12-13H2. The van der Waals surface area contributed by atoms with Gasteiger partial charge in [-0.2, -0.15) is 0 Å². The van der Waals surface area contributed by atoms with Crippen molar-refractivity contribution in [3.8, 4) is 33.8 Å². The Morgan fingerprint density at radius 3 is 2.00 bits per heavy atom. The number of fused-ring (bicyclic) bond motifs is 6. The number of hydrogen-bond acceptors (Lipinski definition) is 3. The molecule has 0 amide bonds. The highest BCUT2D eigenvalue weighted by Gasteiger charge is 2.23. The molecule has 0 fully saturated rings. The zero-order chi connectivity index (χ0) is 17.4. The van der Waals surface area contributed by atoms with Crippen molar-refractivity contribution in [1.82, 2.24) is 0 Å². The maximum atomic E-state index is 11.1. The van der Waals surface area contributed by atoms with Gasteiger partial charge >= 0.3 is 0 Å². The molecule has 0 saturated heterocycles. The fraction of sp³-hybridized carbons (Fsp3) is 0.0909. The number of benzene rings is 3. The zero-order valence-electron chi connectivity index (χ0n) is 13.7. The molecule has 2 N–H and O–H groups in total. The third-order valence-electron chi connectivity index (χ3n) is 4.62. The van der Waals surface area contributed by atoms with E-state index in [0.717, 1.165) is 22.3 Å². The number of hydrogen-bond donors (Lipinski definition) is 2. The van der Waals surface area contributed by atoms with E-state index in [4.69, 9.17) is 4.74 Å². The minimum atomic E-state index is 0.0293. The lowest BCUT2D eigenvalue weighted by Gasteiger charge is -2.21. The molecule has 124 valence electrons. The molecule has 1 aliphatic rings. The van der Waals surface area contributed by atoms with Crippen LogP contribution in [0.4, 0.5) is 0 Å². The second-order valence-corrected chi connectivity index (χ2v) is 6.09. The van der Waals surface area contributed by atoms with Crippen molar-refractivity contribution in [2.24, 2.45) is 0 Å². The van der Waals surface area contributed by atoms with Crippen molar-refractivity contribution in [2.45, 2.75) is 13.2 Å². The van der Waals surface area contributed by atoms with Gasteiger partial charge in [0.1, 0.15) is 11.5 Å². The number of phenolic OH excluding ortho intramolecular Hbond substituents is 2. The lowest BCUT2D eigenvalue weighted by molar-refractivity contribution is 0.107. The van der Waals surface area contributed by atoms with Crippen LogP contribution in [-0.2, 0) is 18.0 Å². The Bertz CT molecular complexity index is 973. The normalized spacial score (nSPS) is 12.8. The Morgan fingerprint density at radius 2 is 1.40 bits per heavy atom. The summed E-state index contributed by atoms with van der Waals surface area (Å²) >= 11 is 0. The van der Waals surface area contributed by atoms with Crippen LogP contribution in [0.15, 0.2) is 61.2 Å². The first kappa shape index (κ1) is 15.5. The van der Waals surface area contributed by atoms with Crippen LogP contribution in [0, 0.1) is 0 Å². The Balaban J connectivity index is 2.14. The van der Waals surface area contributed by atoms with Crippen molar-refractivity contribution in [2.75, 3.05) is 0 Å². The number of ether oxygens (including phenoxy) is 1. The maximum Gasteiger partial charge on any atom is 0.135 e. The largest absolute Gasteiger partial charge is 0.507 e. The summed E-state index contributed by atoms with van der Waals surface area (Å²) < 4.78 is 5.91. The molecule has 1 aliphatic heterocycles. The van der Waals surface area contributed by atoms with Crippen LogP contribution in [0.1, 0.15) is 16.7 Å². The quantitative estimate of drug-likeness (QED) is 0.652. The van der Waals surface area contributed by atoms with E-state index in [2.05, 4.69) is 6.58 Å². The van der Waals surface area contributed by atoms with E-state index in [1.165, 1.54) is 0 Å². The van der Waals surface area contributed by atoms with Gasteiger partial charge in [0.05, 0.1) is 18.8 Å². The van der Waals surface area contributed by atoms with Gasteiger partial charge < -0.3 is 14.9 Å². The van der Waals surface area contributed by atoms with Gasteiger partial charge in [-0.3, -0.25) is 0 Å². The monoisotopic (exact) mass is 330 g/mol. The number of aromatic hydroxyl groups is 2. The third-order valence-corrected chi connectivity index (χ3v) is 4.62. The molecule has 0 unspecified atom stereocenters. The molecule has 3 aromatic rings. The Kier molecular flexibility index (Phi) is 3.79. The van der Waals surface area contributed by atoms with Gasteiger partial charge in [0.25, 0.3) is 0 Å².